The molecule has 2 N–H and O–H groups in total. The average Bonchev–Trinajstić information content (AvgIpc) is 2.59. The smallest absolute Gasteiger partial charge is 0.243 e. The number of carbonyl (C=O) groups is 1. The summed E-state index contributed by atoms with van der Waals surface area (Å²) in [5, 5.41) is 0.816. The molecular weight excluding hydrogens is 348 g/mol. The monoisotopic (exact) mass is 376 g/mol. The summed E-state index contributed by atoms with van der Waals surface area (Å²) < 4.78 is 5.25. The van der Waals surface area contributed by atoms with Gasteiger partial charge >= 0.3 is 0 Å². The van der Waals surface area contributed by atoms with Gasteiger partial charge in [-0.15, -0.1) is 0 Å². The van der Waals surface area contributed by atoms with Crippen LogP contribution in [0.1, 0.15) is 38.2 Å². The summed E-state index contributed by atoms with van der Waals surface area (Å²) in [6.45, 7) is 7.64. The minimum Gasteiger partial charge on any atom is -0.370 e. The fraction of sp³-hybridized carbons (Fsp3) is 0.476. The number of hydrogen-bond acceptors (Lipinski definition) is 3. The van der Waals surface area contributed by atoms with E-state index in [4.69, 9.17) is 22.1 Å². The number of nitrogens with zero attached hydrogens (tertiary/aromatic N) is 1. The van der Waals surface area contributed by atoms with Crippen LogP contribution < -0.4 is 5.73 Å². The van der Waals surface area contributed by atoms with Crippen LogP contribution in [0, 0.1) is 0 Å². The molecule has 4 nitrogen and oxygen atoms in total. The SMILES string of the molecule is CC(C)=CC(C=C1CCN(CCOCC(N)=O)CC1)c1ccccc1Cl. The second-order valence-corrected chi connectivity index (χ2v) is 7.38. The Labute approximate surface area is 161 Å². The van der Waals surface area contributed by atoms with Gasteiger partial charge in [0.2, 0.25) is 5.91 Å². The van der Waals surface area contributed by atoms with Crippen molar-refractivity contribution in [3.63, 3.8) is 0 Å². The highest BCUT2D eigenvalue weighted by molar-refractivity contribution is 6.31. The van der Waals surface area contributed by atoms with Gasteiger partial charge in [-0.1, -0.05) is 53.1 Å². The number of likely N-dealkylation sites (tertiary alicyclic amines) is 1. The minimum atomic E-state index is -0.418. The van der Waals surface area contributed by atoms with E-state index in [0.29, 0.717) is 6.61 Å². The molecule has 1 amide bonds. The molecule has 0 radical (unpaired) electrons. The molecule has 26 heavy (non-hydrogen) atoms. The normalized spacial score (nSPS) is 16.2. The van der Waals surface area contributed by atoms with Crippen LogP contribution in [-0.4, -0.2) is 43.7 Å². The Morgan fingerprint density at radius 3 is 2.62 bits per heavy atom. The summed E-state index contributed by atoms with van der Waals surface area (Å²) in [7, 11) is 0. The molecule has 1 fully saturated rings. The lowest BCUT2D eigenvalue weighted by Crippen LogP contribution is -2.34. The Morgan fingerprint density at radius 1 is 1.31 bits per heavy atom. The molecule has 0 aromatic heterocycles. The van der Waals surface area contributed by atoms with E-state index in [1.54, 1.807) is 0 Å². The molecule has 0 spiro atoms. The predicted molar refractivity (Wildman–Crippen MR) is 107 cm³/mol. The lowest BCUT2D eigenvalue weighted by Gasteiger charge is -2.29. The van der Waals surface area contributed by atoms with E-state index in [0.717, 1.165) is 43.1 Å². The molecule has 1 aromatic carbocycles. The van der Waals surface area contributed by atoms with Crippen LogP contribution >= 0.6 is 11.6 Å². The van der Waals surface area contributed by atoms with Crippen molar-refractivity contribution >= 4 is 17.5 Å². The van der Waals surface area contributed by atoms with Crippen LogP contribution in [-0.2, 0) is 9.53 Å². The standard InChI is InChI=1S/C21H29ClN2O2/c1-16(2)13-18(19-5-3-4-6-20(19)22)14-17-7-9-24(10-8-17)11-12-26-15-21(23)25/h3-6,13-14,18H,7-12,15H2,1-2H3,(H2,23,25). The Hall–Kier alpha value is -1.62. The summed E-state index contributed by atoms with van der Waals surface area (Å²) in [4.78, 5) is 13.0. The third-order valence-electron chi connectivity index (χ3n) is 4.49. The number of rotatable bonds is 8. The minimum absolute atomic E-state index is 0.00120. The molecule has 1 aromatic rings. The zero-order valence-corrected chi connectivity index (χ0v) is 16.5. The first-order valence-corrected chi connectivity index (χ1v) is 9.51. The maximum absolute atomic E-state index is 10.7. The van der Waals surface area contributed by atoms with Gasteiger partial charge < -0.3 is 15.4 Å². The van der Waals surface area contributed by atoms with Gasteiger partial charge in [0.05, 0.1) is 6.61 Å². The molecular formula is C21H29ClN2O2. The Balaban J connectivity index is 1.94. The van der Waals surface area contributed by atoms with Crippen LogP contribution in [0.4, 0.5) is 0 Å². The Kier molecular flexibility index (Phi) is 8.36. The second kappa shape index (κ2) is 10.5. The van der Waals surface area contributed by atoms with Gasteiger partial charge in [0.15, 0.2) is 0 Å². The summed E-state index contributed by atoms with van der Waals surface area (Å²) >= 11 is 6.42. The first kappa shape index (κ1) is 20.7. The van der Waals surface area contributed by atoms with Crippen molar-refractivity contribution in [1.82, 2.24) is 4.90 Å². The van der Waals surface area contributed by atoms with Crippen LogP contribution in [0.5, 0.6) is 0 Å². The average molecular weight is 377 g/mol. The van der Waals surface area contributed by atoms with E-state index in [2.05, 4.69) is 37.0 Å². The van der Waals surface area contributed by atoms with Crippen molar-refractivity contribution in [2.45, 2.75) is 32.6 Å². The number of ether oxygens (including phenoxy) is 1. The van der Waals surface area contributed by atoms with E-state index < -0.39 is 5.91 Å². The van der Waals surface area contributed by atoms with Crippen LogP contribution in [0.25, 0.3) is 0 Å². The number of carbonyl (C=O) groups excluding carboxylic acids is 1. The Bertz CT molecular complexity index is 656. The molecule has 5 heteroatoms. The summed E-state index contributed by atoms with van der Waals surface area (Å²) in [6, 6.07) is 8.07. The van der Waals surface area contributed by atoms with Crippen molar-refractivity contribution in [2.75, 3.05) is 32.8 Å². The number of primary amides is 1. The quantitative estimate of drug-likeness (QED) is 0.552. The van der Waals surface area contributed by atoms with Gasteiger partial charge in [-0.25, -0.2) is 0 Å². The molecule has 1 unspecified atom stereocenters. The van der Waals surface area contributed by atoms with Crippen molar-refractivity contribution < 1.29 is 9.53 Å². The molecule has 142 valence electrons. The molecule has 1 heterocycles. The number of hydrogen-bond donors (Lipinski definition) is 1. The third kappa shape index (κ3) is 6.94. The van der Waals surface area contributed by atoms with E-state index in [1.165, 1.54) is 11.1 Å². The molecule has 1 atom stereocenters. The van der Waals surface area contributed by atoms with Crippen LogP contribution in [0.3, 0.4) is 0 Å². The number of amides is 1. The topological polar surface area (TPSA) is 55.6 Å². The van der Waals surface area contributed by atoms with Gasteiger partial charge in [-0.05, 0) is 38.3 Å². The Morgan fingerprint density at radius 2 is 2.00 bits per heavy atom. The zero-order valence-electron chi connectivity index (χ0n) is 15.7. The van der Waals surface area contributed by atoms with Crippen molar-refractivity contribution in [3.8, 4) is 0 Å². The van der Waals surface area contributed by atoms with Crippen molar-refractivity contribution in [2.24, 2.45) is 5.73 Å². The third-order valence-corrected chi connectivity index (χ3v) is 4.83. The van der Waals surface area contributed by atoms with Crippen molar-refractivity contribution in [3.05, 3.63) is 58.1 Å². The fourth-order valence-corrected chi connectivity index (χ4v) is 3.44. The highest BCUT2D eigenvalue weighted by Gasteiger charge is 2.16. The maximum Gasteiger partial charge on any atom is 0.243 e. The zero-order chi connectivity index (χ0) is 18.9. The second-order valence-electron chi connectivity index (χ2n) is 6.98. The molecule has 1 aliphatic rings. The lowest BCUT2D eigenvalue weighted by atomic mass is 9.91. The highest BCUT2D eigenvalue weighted by Crippen LogP contribution is 2.30. The molecule has 1 aliphatic heterocycles. The van der Waals surface area contributed by atoms with E-state index in [1.807, 2.05) is 18.2 Å². The molecule has 2 rings (SSSR count). The largest absolute Gasteiger partial charge is 0.370 e. The summed E-state index contributed by atoms with van der Waals surface area (Å²) in [5.74, 6) is -0.201. The highest BCUT2D eigenvalue weighted by atomic mass is 35.5. The molecule has 0 aliphatic carbocycles. The predicted octanol–water partition coefficient (Wildman–Crippen LogP) is 3.91. The van der Waals surface area contributed by atoms with Gasteiger partial charge in [-0.2, -0.15) is 0 Å². The van der Waals surface area contributed by atoms with Crippen LogP contribution in [0.2, 0.25) is 5.02 Å². The number of allylic oxidation sites excluding steroid dienone is 3. The number of nitrogens with two attached hydrogens (primary N) is 1. The molecule has 0 saturated carbocycles. The van der Waals surface area contributed by atoms with Gasteiger partial charge in [0.25, 0.3) is 0 Å². The maximum atomic E-state index is 10.7. The van der Waals surface area contributed by atoms with Gasteiger partial charge in [0.1, 0.15) is 6.61 Å². The first-order valence-electron chi connectivity index (χ1n) is 9.13. The summed E-state index contributed by atoms with van der Waals surface area (Å²) in [5.41, 5.74) is 8.99. The van der Waals surface area contributed by atoms with Gasteiger partial charge in [-0.3, -0.25) is 4.79 Å². The molecule has 0 bridgehead atoms. The number of halogens is 1. The van der Waals surface area contributed by atoms with E-state index in [9.17, 15) is 4.79 Å². The first-order chi connectivity index (χ1) is 12.5. The molecule has 1 saturated heterocycles. The van der Waals surface area contributed by atoms with Gasteiger partial charge in [0, 0.05) is 30.6 Å². The lowest BCUT2D eigenvalue weighted by molar-refractivity contribution is -0.122. The van der Waals surface area contributed by atoms with Crippen molar-refractivity contribution in [1.29, 1.82) is 0 Å². The summed E-state index contributed by atoms with van der Waals surface area (Å²) in [6.07, 6.45) is 6.74. The van der Waals surface area contributed by atoms with Crippen LogP contribution in [0.15, 0.2) is 47.6 Å². The number of piperidine rings is 1. The number of benzene rings is 1. The fourth-order valence-electron chi connectivity index (χ4n) is 3.18. The van der Waals surface area contributed by atoms with E-state index >= 15 is 0 Å². The van der Waals surface area contributed by atoms with E-state index in [-0.39, 0.29) is 12.5 Å².